The van der Waals surface area contributed by atoms with Crippen molar-refractivity contribution in [1.29, 1.82) is 0 Å². The summed E-state index contributed by atoms with van der Waals surface area (Å²) in [6.07, 6.45) is 5.42. The minimum absolute atomic E-state index is 0.0624. The number of hydrogen-bond donors (Lipinski definition) is 3. The molecule has 1 aromatic rings. The molecule has 0 bridgehead atoms. The highest BCUT2D eigenvalue weighted by Gasteiger charge is 2.29. The van der Waals surface area contributed by atoms with Crippen LogP contribution in [-0.4, -0.2) is 31.4 Å². The zero-order valence-electron chi connectivity index (χ0n) is 13.4. The number of carbonyl (C=O) groups is 2. The predicted molar refractivity (Wildman–Crippen MR) is 90.3 cm³/mol. The molecule has 5 heteroatoms. The maximum absolute atomic E-state index is 12.2. The molecule has 5 nitrogen and oxygen atoms in total. The smallest absolute Gasteiger partial charge is 0.251 e. The monoisotopic (exact) mass is 315 g/mol. The van der Waals surface area contributed by atoms with E-state index in [1.807, 2.05) is 12.1 Å². The van der Waals surface area contributed by atoms with E-state index in [1.54, 1.807) is 12.1 Å². The highest BCUT2D eigenvalue weighted by Crippen LogP contribution is 2.30. The van der Waals surface area contributed by atoms with E-state index in [1.165, 1.54) is 12.8 Å². The molecule has 1 atom stereocenters. The van der Waals surface area contributed by atoms with Gasteiger partial charge in [-0.15, -0.1) is 0 Å². The molecule has 1 aromatic carbocycles. The summed E-state index contributed by atoms with van der Waals surface area (Å²) in [5, 5.41) is 9.25. The molecular formula is C18H25N3O2. The van der Waals surface area contributed by atoms with Crippen LogP contribution in [0.15, 0.2) is 24.3 Å². The van der Waals surface area contributed by atoms with Crippen LogP contribution < -0.4 is 16.0 Å². The summed E-state index contributed by atoms with van der Waals surface area (Å²) < 4.78 is 0. The Balaban J connectivity index is 1.47. The molecule has 23 heavy (non-hydrogen) atoms. The van der Waals surface area contributed by atoms with Crippen LogP contribution in [0.25, 0.3) is 0 Å². The van der Waals surface area contributed by atoms with Gasteiger partial charge in [-0.25, -0.2) is 0 Å². The Labute approximate surface area is 137 Å². The summed E-state index contributed by atoms with van der Waals surface area (Å²) in [5.41, 5.74) is 1.30. The summed E-state index contributed by atoms with van der Waals surface area (Å²) in [7, 11) is 0. The van der Waals surface area contributed by atoms with Crippen molar-refractivity contribution in [2.75, 3.05) is 25.0 Å². The summed E-state index contributed by atoms with van der Waals surface area (Å²) in [4.78, 5) is 24.0. The third kappa shape index (κ3) is 4.79. The fourth-order valence-electron chi connectivity index (χ4n) is 2.99. The molecule has 0 aromatic heterocycles. The van der Waals surface area contributed by atoms with E-state index in [0.29, 0.717) is 23.7 Å². The maximum Gasteiger partial charge on any atom is 0.251 e. The molecule has 1 heterocycles. The number of amides is 2. The molecule has 0 radical (unpaired) electrons. The maximum atomic E-state index is 12.2. The summed E-state index contributed by atoms with van der Waals surface area (Å²) in [6.45, 7) is 2.87. The molecule has 1 aliphatic heterocycles. The molecule has 2 fully saturated rings. The summed E-state index contributed by atoms with van der Waals surface area (Å²) >= 11 is 0. The van der Waals surface area contributed by atoms with Gasteiger partial charge >= 0.3 is 0 Å². The first-order valence-electron chi connectivity index (χ1n) is 8.62. The molecule has 0 spiro atoms. The zero-order chi connectivity index (χ0) is 16.1. The highest BCUT2D eigenvalue weighted by atomic mass is 16.2. The van der Waals surface area contributed by atoms with Gasteiger partial charge in [0.05, 0.1) is 0 Å². The Kier molecular flexibility index (Phi) is 5.28. The Morgan fingerprint density at radius 1 is 1.22 bits per heavy atom. The Morgan fingerprint density at radius 3 is 2.83 bits per heavy atom. The number of piperidine rings is 1. The van der Waals surface area contributed by atoms with Gasteiger partial charge in [-0.2, -0.15) is 0 Å². The van der Waals surface area contributed by atoms with E-state index < -0.39 is 0 Å². The van der Waals surface area contributed by atoms with Gasteiger partial charge < -0.3 is 16.0 Å². The van der Waals surface area contributed by atoms with Gasteiger partial charge in [0.1, 0.15) is 0 Å². The van der Waals surface area contributed by atoms with Crippen molar-refractivity contribution in [2.24, 2.45) is 11.8 Å². The number of nitrogens with one attached hydrogen (secondary N) is 3. The van der Waals surface area contributed by atoms with Crippen LogP contribution in [-0.2, 0) is 4.79 Å². The van der Waals surface area contributed by atoms with Crippen LogP contribution in [0.1, 0.15) is 42.5 Å². The predicted octanol–water partition coefficient (Wildman–Crippen LogP) is 2.15. The van der Waals surface area contributed by atoms with E-state index >= 15 is 0 Å². The van der Waals surface area contributed by atoms with Gasteiger partial charge in [-0.1, -0.05) is 6.07 Å². The fraction of sp³-hybridized carbons (Fsp3) is 0.556. The molecule has 3 N–H and O–H groups in total. The van der Waals surface area contributed by atoms with Crippen molar-refractivity contribution in [1.82, 2.24) is 10.6 Å². The quantitative estimate of drug-likeness (QED) is 0.753. The van der Waals surface area contributed by atoms with Gasteiger partial charge in [0.2, 0.25) is 5.91 Å². The van der Waals surface area contributed by atoms with Gasteiger partial charge in [-0.3, -0.25) is 9.59 Å². The highest BCUT2D eigenvalue weighted by molar-refractivity contribution is 5.98. The normalized spacial score (nSPS) is 20.8. The first kappa shape index (κ1) is 16.0. The van der Waals surface area contributed by atoms with Gasteiger partial charge in [0.15, 0.2) is 0 Å². The average Bonchev–Trinajstić information content (AvgIpc) is 3.41. The molecular weight excluding hydrogens is 290 g/mol. The fourth-order valence-corrected chi connectivity index (χ4v) is 2.99. The van der Waals surface area contributed by atoms with Crippen LogP contribution in [0.5, 0.6) is 0 Å². The number of rotatable bonds is 6. The molecule has 2 aliphatic rings. The lowest BCUT2D eigenvalue weighted by Gasteiger charge is -2.22. The molecule has 3 rings (SSSR count). The van der Waals surface area contributed by atoms with Crippen LogP contribution in [0.3, 0.4) is 0 Å². The second-order valence-corrected chi connectivity index (χ2v) is 6.60. The second-order valence-electron chi connectivity index (χ2n) is 6.60. The Hall–Kier alpha value is -1.88. The van der Waals surface area contributed by atoms with Crippen molar-refractivity contribution in [2.45, 2.75) is 32.1 Å². The zero-order valence-corrected chi connectivity index (χ0v) is 13.4. The molecule has 1 saturated carbocycles. The van der Waals surface area contributed by atoms with Crippen molar-refractivity contribution >= 4 is 17.5 Å². The van der Waals surface area contributed by atoms with Crippen LogP contribution in [0.2, 0.25) is 0 Å². The van der Waals surface area contributed by atoms with Gasteiger partial charge in [0, 0.05) is 23.7 Å². The number of benzene rings is 1. The second kappa shape index (κ2) is 7.59. The van der Waals surface area contributed by atoms with Crippen molar-refractivity contribution < 1.29 is 9.59 Å². The number of hydrogen-bond acceptors (Lipinski definition) is 3. The van der Waals surface area contributed by atoms with Crippen molar-refractivity contribution in [3.05, 3.63) is 29.8 Å². The molecule has 2 amide bonds. The average molecular weight is 315 g/mol. The number of anilines is 1. The first-order valence-corrected chi connectivity index (χ1v) is 8.62. The lowest BCUT2D eigenvalue weighted by atomic mass is 9.96. The Bertz CT molecular complexity index is 563. The first-order chi connectivity index (χ1) is 11.2. The summed E-state index contributed by atoms with van der Waals surface area (Å²) in [5.74, 6) is 0.813. The standard InChI is InChI=1S/C18H25N3O2/c22-17(20-10-8-13-3-2-9-19-12-13)15-4-1-5-16(11-15)21-18(23)14-6-7-14/h1,4-5,11,13-14,19H,2-3,6-10,12H2,(H,20,22)(H,21,23). The molecule has 124 valence electrons. The van der Waals surface area contributed by atoms with E-state index in [-0.39, 0.29) is 17.7 Å². The van der Waals surface area contributed by atoms with Crippen LogP contribution >= 0.6 is 0 Å². The lowest BCUT2D eigenvalue weighted by molar-refractivity contribution is -0.117. The third-order valence-corrected chi connectivity index (χ3v) is 4.58. The number of carbonyl (C=O) groups excluding carboxylic acids is 2. The Morgan fingerprint density at radius 2 is 2.09 bits per heavy atom. The van der Waals surface area contributed by atoms with E-state index in [4.69, 9.17) is 0 Å². The summed E-state index contributed by atoms with van der Waals surface area (Å²) in [6, 6.07) is 7.16. The van der Waals surface area contributed by atoms with E-state index in [9.17, 15) is 9.59 Å². The van der Waals surface area contributed by atoms with E-state index in [2.05, 4.69) is 16.0 Å². The van der Waals surface area contributed by atoms with E-state index in [0.717, 1.165) is 32.4 Å². The van der Waals surface area contributed by atoms with Crippen molar-refractivity contribution in [3.8, 4) is 0 Å². The van der Waals surface area contributed by atoms with Gasteiger partial charge in [0.25, 0.3) is 5.91 Å². The minimum atomic E-state index is -0.0729. The SMILES string of the molecule is O=C(NCCC1CCCNC1)c1cccc(NC(=O)C2CC2)c1. The van der Waals surface area contributed by atoms with Crippen molar-refractivity contribution in [3.63, 3.8) is 0 Å². The molecule has 1 saturated heterocycles. The molecule has 1 aliphatic carbocycles. The largest absolute Gasteiger partial charge is 0.352 e. The lowest BCUT2D eigenvalue weighted by Crippen LogP contribution is -2.33. The topological polar surface area (TPSA) is 70.2 Å². The third-order valence-electron chi connectivity index (χ3n) is 4.58. The van der Waals surface area contributed by atoms with Crippen LogP contribution in [0, 0.1) is 11.8 Å². The van der Waals surface area contributed by atoms with Crippen LogP contribution in [0.4, 0.5) is 5.69 Å². The minimum Gasteiger partial charge on any atom is -0.352 e. The van der Waals surface area contributed by atoms with Gasteiger partial charge in [-0.05, 0) is 69.3 Å². The molecule has 1 unspecified atom stereocenters.